The zero-order valence-corrected chi connectivity index (χ0v) is 8.20. The van der Waals surface area contributed by atoms with Gasteiger partial charge in [0, 0.05) is 0 Å². The van der Waals surface area contributed by atoms with Crippen LogP contribution in [-0.2, 0) is 4.79 Å². The number of urea groups is 1. The van der Waals surface area contributed by atoms with E-state index >= 15 is 0 Å². The molecule has 15 heavy (non-hydrogen) atoms. The molecule has 1 aliphatic heterocycles. The van der Waals surface area contributed by atoms with Crippen LogP contribution in [-0.4, -0.2) is 61.9 Å². The minimum absolute atomic E-state index is 0.0891. The topological polar surface area (TPSA) is 122 Å². The molecule has 1 atom stereocenters. The van der Waals surface area contributed by atoms with Crippen molar-refractivity contribution in [2.75, 3.05) is 13.2 Å². The summed E-state index contributed by atoms with van der Waals surface area (Å²) in [5, 5.41) is 32.9. The number of nitrogens with zero attached hydrogens (tertiary/aromatic N) is 2. The van der Waals surface area contributed by atoms with E-state index in [0.717, 1.165) is 0 Å². The number of amides is 3. The van der Waals surface area contributed by atoms with Crippen molar-refractivity contribution in [2.24, 2.45) is 0 Å². The number of aliphatic hydroxyl groups excluding tert-OH is 2. The summed E-state index contributed by atoms with van der Waals surface area (Å²) >= 11 is 0. The molecule has 0 spiro atoms. The Bertz CT molecular complexity index is 232. The van der Waals surface area contributed by atoms with E-state index in [1.807, 2.05) is 0 Å². The SMILES string of the molecule is CCC1C(=O)N(O)C(=O)N1O.OCCO. The van der Waals surface area contributed by atoms with Crippen LogP contribution in [0.4, 0.5) is 4.79 Å². The predicted molar refractivity (Wildman–Crippen MR) is 45.9 cm³/mol. The molecule has 0 aromatic carbocycles. The van der Waals surface area contributed by atoms with Gasteiger partial charge in [-0.25, -0.2) is 4.79 Å². The summed E-state index contributed by atoms with van der Waals surface area (Å²) in [7, 11) is 0. The van der Waals surface area contributed by atoms with Gasteiger partial charge in [-0.05, 0) is 6.42 Å². The fraction of sp³-hybridized carbons (Fsp3) is 0.714. The van der Waals surface area contributed by atoms with E-state index in [2.05, 4.69) is 0 Å². The number of imide groups is 1. The van der Waals surface area contributed by atoms with Gasteiger partial charge in [-0.1, -0.05) is 6.92 Å². The highest BCUT2D eigenvalue weighted by atomic mass is 16.6. The van der Waals surface area contributed by atoms with Crippen molar-refractivity contribution in [3.8, 4) is 0 Å². The molecule has 4 N–H and O–H groups in total. The normalized spacial score (nSPS) is 20.5. The first-order valence-electron chi connectivity index (χ1n) is 4.27. The molecule has 0 aromatic heterocycles. The molecular formula is C7H14N2O6. The van der Waals surface area contributed by atoms with Gasteiger partial charge in [-0.2, -0.15) is 5.06 Å². The highest BCUT2D eigenvalue weighted by Gasteiger charge is 2.43. The smallest absolute Gasteiger partial charge is 0.375 e. The van der Waals surface area contributed by atoms with Crippen LogP contribution in [0, 0.1) is 0 Å². The van der Waals surface area contributed by atoms with Crippen LogP contribution in [0.1, 0.15) is 13.3 Å². The molecule has 0 aliphatic carbocycles. The van der Waals surface area contributed by atoms with Gasteiger partial charge in [0.05, 0.1) is 13.2 Å². The maximum absolute atomic E-state index is 10.8. The van der Waals surface area contributed by atoms with E-state index in [1.165, 1.54) is 0 Å². The van der Waals surface area contributed by atoms with Crippen LogP contribution >= 0.6 is 0 Å². The maximum atomic E-state index is 10.8. The number of hydrogen-bond donors (Lipinski definition) is 4. The van der Waals surface area contributed by atoms with Crippen molar-refractivity contribution in [1.29, 1.82) is 0 Å². The second-order valence-electron chi connectivity index (χ2n) is 2.65. The third kappa shape index (κ3) is 3.13. The molecule has 1 unspecified atom stereocenters. The van der Waals surface area contributed by atoms with Gasteiger partial charge in [0.1, 0.15) is 6.04 Å². The molecule has 3 amide bonds. The molecule has 0 aromatic rings. The van der Waals surface area contributed by atoms with Crippen molar-refractivity contribution in [3.05, 3.63) is 0 Å². The Labute approximate surface area is 85.9 Å². The zero-order chi connectivity index (χ0) is 12.0. The lowest BCUT2D eigenvalue weighted by Crippen LogP contribution is -2.30. The van der Waals surface area contributed by atoms with E-state index in [9.17, 15) is 9.59 Å². The van der Waals surface area contributed by atoms with Gasteiger partial charge in [0.25, 0.3) is 5.91 Å². The average Bonchev–Trinajstić information content (AvgIpc) is 2.44. The zero-order valence-electron chi connectivity index (χ0n) is 8.20. The Morgan fingerprint density at radius 2 is 1.67 bits per heavy atom. The summed E-state index contributed by atoms with van der Waals surface area (Å²) in [6, 6.07) is -2.03. The van der Waals surface area contributed by atoms with Crippen LogP contribution in [0.25, 0.3) is 0 Å². The van der Waals surface area contributed by atoms with E-state index in [-0.39, 0.29) is 29.8 Å². The Balaban J connectivity index is 0.000000423. The first-order valence-corrected chi connectivity index (χ1v) is 4.27. The van der Waals surface area contributed by atoms with Gasteiger partial charge in [0.2, 0.25) is 0 Å². The molecule has 1 rings (SSSR count). The molecule has 1 fully saturated rings. The lowest BCUT2D eigenvalue weighted by molar-refractivity contribution is -0.149. The quantitative estimate of drug-likeness (QED) is 0.343. The summed E-state index contributed by atoms with van der Waals surface area (Å²) in [4.78, 5) is 21.4. The van der Waals surface area contributed by atoms with Gasteiger partial charge in [-0.3, -0.25) is 15.2 Å². The van der Waals surface area contributed by atoms with Gasteiger partial charge < -0.3 is 10.2 Å². The molecule has 8 heteroatoms. The van der Waals surface area contributed by atoms with Gasteiger partial charge in [-0.15, -0.1) is 5.06 Å². The molecule has 1 heterocycles. The lowest BCUT2D eigenvalue weighted by Gasteiger charge is -2.09. The van der Waals surface area contributed by atoms with Crippen molar-refractivity contribution in [2.45, 2.75) is 19.4 Å². The maximum Gasteiger partial charge on any atom is 0.375 e. The van der Waals surface area contributed by atoms with Crippen LogP contribution in [0.15, 0.2) is 0 Å². The minimum Gasteiger partial charge on any atom is -0.394 e. The van der Waals surface area contributed by atoms with Crippen molar-refractivity contribution < 1.29 is 30.2 Å². The molecule has 1 saturated heterocycles. The Morgan fingerprint density at radius 3 is 1.80 bits per heavy atom. The Kier molecular flexibility index (Phi) is 5.79. The molecule has 8 nitrogen and oxygen atoms in total. The average molecular weight is 222 g/mol. The van der Waals surface area contributed by atoms with Crippen LogP contribution in [0.2, 0.25) is 0 Å². The summed E-state index contributed by atoms with van der Waals surface area (Å²) in [6.45, 7) is 1.37. The summed E-state index contributed by atoms with van der Waals surface area (Å²) in [6.07, 6.45) is 0.276. The van der Waals surface area contributed by atoms with Crippen LogP contribution in [0.5, 0.6) is 0 Å². The van der Waals surface area contributed by atoms with E-state index in [1.54, 1.807) is 6.92 Å². The first-order chi connectivity index (χ1) is 7.01. The standard InChI is InChI=1S/C5H8N2O4.C2H6O2/c1-2-3-4(8)7(11)5(9)6(3)10;3-1-2-4/h3,10-11H,2H2,1H3;3-4H,1-2H2. The van der Waals surface area contributed by atoms with Gasteiger partial charge >= 0.3 is 6.03 Å². The molecular weight excluding hydrogens is 208 g/mol. The lowest BCUT2D eigenvalue weighted by atomic mass is 10.2. The molecule has 0 bridgehead atoms. The second-order valence-corrected chi connectivity index (χ2v) is 2.65. The summed E-state index contributed by atoms with van der Waals surface area (Å²) < 4.78 is 0. The highest BCUT2D eigenvalue weighted by molar-refractivity contribution is 6.01. The van der Waals surface area contributed by atoms with Crippen LogP contribution < -0.4 is 0 Å². The van der Waals surface area contributed by atoms with E-state index in [0.29, 0.717) is 0 Å². The number of rotatable bonds is 2. The number of carbonyl (C=O) groups excluding carboxylic acids is 2. The predicted octanol–water partition coefficient (Wildman–Crippen LogP) is -1.22. The fourth-order valence-electron chi connectivity index (χ4n) is 0.918. The highest BCUT2D eigenvalue weighted by Crippen LogP contribution is 2.14. The Hall–Kier alpha value is -1.22. The van der Waals surface area contributed by atoms with Gasteiger partial charge in [0.15, 0.2) is 0 Å². The summed E-state index contributed by atoms with van der Waals surface area (Å²) in [5.41, 5.74) is 0. The number of carbonyl (C=O) groups is 2. The van der Waals surface area contributed by atoms with Crippen molar-refractivity contribution in [3.63, 3.8) is 0 Å². The molecule has 0 saturated carbocycles. The third-order valence-corrected chi connectivity index (χ3v) is 1.65. The molecule has 88 valence electrons. The van der Waals surface area contributed by atoms with Crippen LogP contribution in [0.3, 0.4) is 0 Å². The first kappa shape index (κ1) is 13.8. The second kappa shape index (κ2) is 6.30. The van der Waals surface area contributed by atoms with E-state index in [4.69, 9.17) is 20.6 Å². The molecule has 1 aliphatic rings. The Morgan fingerprint density at radius 1 is 1.20 bits per heavy atom. The van der Waals surface area contributed by atoms with E-state index < -0.39 is 18.0 Å². The third-order valence-electron chi connectivity index (χ3n) is 1.65. The molecule has 0 radical (unpaired) electrons. The number of hydrogen-bond acceptors (Lipinski definition) is 6. The largest absolute Gasteiger partial charge is 0.394 e. The van der Waals surface area contributed by atoms with Crippen molar-refractivity contribution >= 4 is 11.9 Å². The fourth-order valence-corrected chi connectivity index (χ4v) is 0.918. The monoisotopic (exact) mass is 222 g/mol. The summed E-state index contributed by atoms with van der Waals surface area (Å²) in [5.74, 6) is -0.792. The number of aliphatic hydroxyl groups is 2. The van der Waals surface area contributed by atoms with Crippen molar-refractivity contribution in [1.82, 2.24) is 10.1 Å². The number of hydroxylamine groups is 4. The minimum atomic E-state index is -1.10.